The second kappa shape index (κ2) is 9.27. The zero-order valence-electron chi connectivity index (χ0n) is 18.9. The number of aromatic nitrogens is 5. The first-order valence-electron chi connectivity index (χ1n) is 11.3. The Bertz CT molecular complexity index is 1770. The molecule has 176 valence electrons. The molecule has 0 saturated heterocycles. The summed E-state index contributed by atoms with van der Waals surface area (Å²) in [7, 11) is 0. The van der Waals surface area contributed by atoms with Gasteiger partial charge in [0.25, 0.3) is 16.7 Å². The summed E-state index contributed by atoms with van der Waals surface area (Å²) in [6, 6.07) is 24.5. The minimum atomic E-state index is -0.198. The Hall–Kier alpha value is -4.50. The highest BCUT2D eigenvalue weighted by Gasteiger charge is 2.19. The average Bonchev–Trinajstić information content (AvgIpc) is 3.57. The third-order valence-corrected chi connectivity index (χ3v) is 6.69. The maximum atomic E-state index is 13.1. The number of H-pyrrole nitrogens is 1. The molecule has 0 amide bonds. The van der Waals surface area contributed by atoms with Gasteiger partial charge in [-0.05, 0) is 17.7 Å². The predicted octanol–water partition coefficient (Wildman–Crippen LogP) is 4.95. The number of rotatable bonds is 7. The number of hydrogen-bond donors (Lipinski definition) is 1. The number of thioether (sulfide) groups is 1. The van der Waals surface area contributed by atoms with Crippen LogP contribution < -0.4 is 5.56 Å². The van der Waals surface area contributed by atoms with E-state index in [1.165, 1.54) is 16.4 Å². The van der Waals surface area contributed by atoms with Gasteiger partial charge in [0.1, 0.15) is 0 Å². The number of ketones is 1. The highest BCUT2D eigenvalue weighted by molar-refractivity contribution is 7.99. The number of carbonyl (C=O) groups excluding carboxylic acids is 1. The number of hydrogen-bond acceptors (Lipinski definition) is 7. The van der Waals surface area contributed by atoms with E-state index < -0.39 is 0 Å². The number of fused-ring (bicyclic) bond motifs is 2. The fourth-order valence-electron chi connectivity index (χ4n) is 4.13. The van der Waals surface area contributed by atoms with Gasteiger partial charge in [-0.15, -0.1) is 10.2 Å². The second-order valence-corrected chi connectivity index (χ2v) is 9.10. The largest absolute Gasteiger partial charge is 0.409 e. The molecule has 0 aliphatic rings. The van der Waals surface area contributed by atoms with Crippen molar-refractivity contribution in [3.63, 3.8) is 0 Å². The van der Waals surface area contributed by atoms with Crippen LogP contribution >= 0.6 is 11.8 Å². The van der Waals surface area contributed by atoms with E-state index in [0.717, 1.165) is 16.5 Å². The number of nitrogens with one attached hydrogen (secondary N) is 1. The van der Waals surface area contributed by atoms with Crippen molar-refractivity contribution in [1.82, 2.24) is 25.0 Å². The summed E-state index contributed by atoms with van der Waals surface area (Å²) in [5.74, 6) is 0.290. The number of nitrogens with zero attached hydrogens (tertiary/aromatic N) is 4. The van der Waals surface area contributed by atoms with Crippen LogP contribution in [-0.2, 0) is 6.54 Å². The first-order valence-corrected chi connectivity index (χ1v) is 12.3. The normalized spacial score (nSPS) is 11.3. The van der Waals surface area contributed by atoms with E-state index >= 15 is 0 Å². The van der Waals surface area contributed by atoms with Crippen molar-refractivity contribution in [3.8, 4) is 11.6 Å². The third-order valence-electron chi connectivity index (χ3n) is 5.87. The predicted molar refractivity (Wildman–Crippen MR) is 138 cm³/mol. The van der Waals surface area contributed by atoms with Crippen molar-refractivity contribution < 1.29 is 9.21 Å². The van der Waals surface area contributed by atoms with Crippen molar-refractivity contribution in [1.29, 1.82) is 0 Å². The molecule has 3 aromatic heterocycles. The molecule has 0 spiro atoms. The number of para-hydroxylation sites is 1. The molecule has 6 aromatic rings. The van der Waals surface area contributed by atoms with E-state index in [-0.39, 0.29) is 28.2 Å². The molecule has 9 heteroatoms. The maximum absolute atomic E-state index is 13.1. The molecular weight excluding hydrogens is 474 g/mol. The molecule has 0 bridgehead atoms. The summed E-state index contributed by atoms with van der Waals surface area (Å²) >= 11 is 1.17. The minimum absolute atomic E-state index is 0.0443. The molecule has 0 unspecified atom stereocenters. The molecular formula is C27H19N5O3S. The zero-order chi connectivity index (χ0) is 24.5. The van der Waals surface area contributed by atoms with Crippen LogP contribution in [0.5, 0.6) is 0 Å². The molecule has 0 aliphatic heterocycles. The molecule has 0 saturated carbocycles. The van der Waals surface area contributed by atoms with Gasteiger partial charge < -0.3 is 9.40 Å². The van der Waals surface area contributed by atoms with Crippen LogP contribution in [0.3, 0.4) is 0 Å². The molecule has 0 fully saturated rings. The van der Waals surface area contributed by atoms with Gasteiger partial charge in [0.15, 0.2) is 11.5 Å². The van der Waals surface area contributed by atoms with Crippen molar-refractivity contribution in [3.05, 3.63) is 107 Å². The van der Waals surface area contributed by atoms with E-state index in [1.54, 1.807) is 12.3 Å². The van der Waals surface area contributed by atoms with Crippen molar-refractivity contribution in [2.45, 2.75) is 11.8 Å². The Morgan fingerprint density at radius 2 is 1.61 bits per heavy atom. The molecule has 3 heterocycles. The van der Waals surface area contributed by atoms with Gasteiger partial charge in [-0.3, -0.25) is 9.59 Å². The van der Waals surface area contributed by atoms with Gasteiger partial charge in [0.05, 0.1) is 17.7 Å². The van der Waals surface area contributed by atoms with Crippen LogP contribution in [0.15, 0.2) is 99.5 Å². The topological polar surface area (TPSA) is 107 Å². The van der Waals surface area contributed by atoms with Crippen molar-refractivity contribution in [2.24, 2.45) is 0 Å². The van der Waals surface area contributed by atoms with Gasteiger partial charge in [0.2, 0.25) is 0 Å². The Kier molecular flexibility index (Phi) is 5.67. The van der Waals surface area contributed by atoms with Crippen LogP contribution in [0.25, 0.3) is 33.3 Å². The monoisotopic (exact) mass is 493 g/mol. The van der Waals surface area contributed by atoms with E-state index in [2.05, 4.69) is 20.3 Å². The lowest BCUT2D eigenvalue weighted by molar-refractivity contribution is 0.102. The molecule has 0 radical (unpaired) electrons. The number of carbonyl (C=O) groups is 1. The van der Waals surface area contributed by atoms with E-state index in [4.69, 9.17) is 4.42 Å². The summed E-state index contributed by atoms with van der Waals surface area (Å²) in [6.07, 6.45) is 1.72. The molecule has 36 heavy (non-hydrogen) atoms. The summed E-state index contributed by atoms with van der Waals surface area (Å²) in [5.41, 5.74) is 2.71. The summed E-state index contributed by atoms with van der Waals surface area (Å²) in [6.45, 7) is 0.312. The molecule has 0 aliphatic carbocycles. The standard InChI is InChI=1S/C27H19N5O3S/c33-23(21-14-28-22-13-7-6-10-18(21)22)16-36-27-30-29-25(35-27)24-19-11-4-5-12-20(19)26(34)32(31-24)15-17-8-2-1-3-9-17/h1-14,28H,15-16H2. The lowest BCUT2D eigenvalue weighted by atomic mass is 10.1. The summed E-state index contributed by atoms with van der Waals surface area (Å²) in [5, 5.41) is 15.1. The zero-order valence-corrected chi connectivity index (χ0v) is 19.7. The van der Waals surface area contributed by atoms with Crippen molar-refractivity contribution >= 4 is 39.2 Å². The quantitative estimate of drug-likeness (QED) is 0.248. The second-order valence-electron chi connectivity index (χ2n) is 8.18. The highest BCUT2D eigenvalue weighted by atomic mass is 32.2. The lowest BCUT2D eigenvalue weighted by Crippen LogP contribution is -2.24. The first kappa shape index (κ1) is 22.0. The fraction of sp³-hybridized carbons (Fsp3) is 0.0741. The van der Waals surface area contributed by atoms with Gasteiger partial charge >= 0.3 is 0 Å². The summed E-state index contributed by atoms with van der Waals surface area (Å²) in [4.78, 5) is 29.0. The van der Waals surface area contributed by atoms with Crippen LogP contribution in [0.4, 0.5) is 0 Å². The molecule has 6 rings (SSSR count). The number of Topliss-reactive ketones (excluding diaryl/α,β-unsaturated/α-hetero) is 1. The Morgan fingerprint density at radius 3 is 2.44 bits per heavy atom. The SMILES string of the molecule is O=C(CSc1nnc(-c2nn(Cc3ccccc3)c(=O)c3ccccc23)o1)c1c[nH]c2ccccc12. The van der Waals surface area contributed by atoms with Crippen LogP contribution in [0, 0.1) is 0 Å². The number of aromatic amines is 1. The maximum Gasteiger partial charge on any atom is 0.277 e. The first-order chi connectivity index (χ1) is 17.7. The van der Waals surface area contributed by atoms with E-state index in [9.17, 15) is 9.59 Å². The third kappa shape index (κ3) is 4.09. The molecule has 3 aromatic carbocycles. The molecule has 0 atom stereocenters. The van der Waals surface area contributed by atoms with E-state index in [1.807, 2.05) is 72.8 Å². The van der Waals surface area contributed by atoms with Gasteiger partial charge in [-0.2, -0.15) is 5.10 Å². The number of benzene rings is 3. The van der Waals surface area contributed by atoms with Crippen LogP contribution in [0.1, 0.15) is 15.9 Å². The van der Waals surface area contributed by atoms with Crippen LogP contribution in [0.2, 0.25) is 0 Å². The van der Waals surface area contributed by atoms with E-state index in [0.29, 0.717) is 28.6 Å². The van der Waals surface area contributed by atoms with Crippen LogP contribution in [-0.4, -0.2) is 36.5 Å². The Labute approximate surface area is 209 Å². The lowest BCUT2D eigenvalue weighted by Gasteiger charge is -2.09. The highest BCUT2D eigenvalue weighted by Crippen LogP contribution is 2.28. The Morgan fingerprint density at radius 1 is 0.889 bits per heavy atom. The smallest absolute Gasteiger partial charge is 0.277 e. The molecule has 8 nitrogen and oxygen atoms in total. The van der Waals surface area contributed by atoms with Gasteiger partial charge in [-0.25, -0.2) is 4.68 Å². The Balaban J connectivity index is 1.29. The van der Waals surface area contributed by atoms with Crippen molar-refractivity contribution in [2.75, 3.05) is 5.75 Å². The van der Waals surface area contributed by atoms with Gasteiger partial charge in [0, 0.05) is 28.0 Å². The minimum Gasteiger partial charge on any atom is -0.409 e. The van der Waals surface area contributed by atoms with Gasteiger partial charge in [-0.1, -0.05) is 78.5 Å². The average molecular weight is 494 g/mol. The fourth-order valence-corrected chi connectivity index (χ4v) is 4.77. The summed E-state index contributed by atoms with van der Waals surface area (Å²) < 4.78 is 7.29. The molecule has 1 N–H and O–H groups in total.